The first-order chi connectivity index (χ1) is 15.6. The van der Waals surface area contributed by atoms with E-state index in [4.69, 9.17) is 0 Å². The largest absolute Gasteiger partial charge is 0.0882 e. The fourth-order valence-electron chi connectivity index (χ4n) is 1.30. The highest BCUT2D eigenvalue weighted by atomic mass is 14.0. The Balaban J connectivity index is -0.0000000626. The van der Waals surface area contributed by atoms with Crippen LogP contribution in [0.3, 0.4) is 0 Å². The summed E-state index contributed by atoms with van der Waals surface area (Å²) < 4.78 is 0. The number of hydrogen-bond acceptors (Lipinski definition) is 0. The van der Waals surface area contributed by atoms with Crippen LogP contribution in [0.5, 0.6) is 0 Å². The quantitative estimate of drug-likeness (QED) is 0.307. The van der Waals surface area contributed by atoms with Crippen LogP contribution >= 0.6 is 0 Å². The Morgan fingerprint density at radius 3 is 0.455 bits per heavy atom. The molecule has 3 rings (SSSR count). The zero-order chi connectivity index (χ0) is 27.2. The Morgan fingerprint density at radius 1 is 0.364 bits per heavy atom. The molecule has 0 aromatic rings. The minimum atomic E-state index is 0.833. The van der Waals surface area contributed by atoms with E-state index in [1.807, 2.05) is 0 Å². The van der Waals surface area contributed by atoms with E-state index in [0.717, 1.165) is 11.8 Å². The van der Waals surface area contributed by atoms with Gasteiger partial charge in [-0.15, -0.1) is 0 Å². The molecule has 33 heavy (non-hydrogen) atoms. The summed E-state index contributed by atoms with van der Waals surface area (Å²) in [4.78, 5) is 0. The van der Waals surface area contributed by atoms with Crippen LogP contribution in [0.1, 0.15) is 193 Å². The van der Waals surface area contributed by atoms with Gasteiger partial charge in [0.1, 0.15) is 0 Å². The molecule has 3 aliphatic carbocycles. The SMILES string of the molecule is C1=CCC1.C1CCC1.C1CCCC1.CC(C)C.CC(C)C.CCC.CCC.CCC.CCC. The van der Waals surface area contributed by atoms with Gasteiger partial charge in [-0.2, -0.15) is 0 Å². The third-order valence-electron chi connectivity index (χ3n) is 2.92. The molecule has 0 aliphatic heterocycles. The van der Waals surface area contributed by atoms with Gasteiger partial charge in [0.25, 0.3) is 0 Å². The molecule has 0 spiro atoms. The van der Waals surface area contributed by atoms with E-state index >= 15 is 0 Å². The molecule has 3 aliphatic rings. The van der Waals surface area contributed by atoms with Gasteiger partial charge in [0, 0.05) is 0 Å². The maximum atomic E-state index is 2.18. The molecule has 0 heterocycles. The Labute approximate surface area is 217 Å². The summed E-state index contributed by atoms with van der Waals surface area (Å²) in [7, 11) is 0. The standard InChI is InChI=1S/C5H10.C4H8.C4H6.2C4H10.4C3H8/c1-2-4-5-3-1;2*1-2-4-3-1;2*1-4(2)3;4*1-3-2/h1-5H2;1-4H2;1-2H,3-4H2;2*4H,1-3H3;4*3H2,1-2H3. The van der Waals surface area contributed by atoms with Gasteiger partial charge in [0.15, 0.2) is 0 Å². The fraction of sp³-hybridized carbons (Fsp3) is 0.939. The second-order valence-corrected chi connectivity index (χ2v) is 10.5. The van der Waals surface area contributed by atoms with E-state index in [0.29, 0.717) is 0 Å². The van der Waals surface area contributed by atoms with Crippen LogP contribution < -0.4 is 0 Å². The van der Waals surface area contributed by atoms with Crippen LogP contribution in [-0.2, 0) is 0 Å². The first kappa shape index (κ1) is 46.1. The molecule has 0 atom stereocenters. The van der Waals surface area contributed by atoms with Crippen molar-refractivity contribution >= 4 is 0 Å². The van der Waals surface area contributed by atoms with E-state index in [-0.39, 0.29) is 0 Å². The molecular formula is C33H76. The second-order valence-electron chi connectivity index (χ2n) is 10.5. The molecule has 0 aromatic heterocycles. The zero-order valence-corrected chi connectivity index (χ0v) is 26.9. The summed E-state index contributed by atoms with van der Waals surface area (Å²) in [5.74, 6) is 1.67. The highest BCUT2D eigenvalue weighted by Crippen LogP contribution is 2.15. The molecule has 0 amide bonds. The smallest absolute Gasteiger partial charge is 0.0316 e. The van der Waals surface area contributed by atoms with Crippen LogP contribution in [-0.4, -0.2) is 0 Å². The Bertz CT molecular complexity index is 191. The van der Waals surface area contributed by atoms with E-state index < -0.39 is 0 Å². The average Bonchev–Trinajstić information content (AvgIpc) is 3.12. The molecular weight excluding hydrogens is 396 g/mol. The predicted molar refractivity (Wildman–Crippen MR) is 165 cm³/mol. The lowest BCUT2D eigenvalue weighted by molar-refractivity contribution is 0.504. The lowest BCUT2D eigenvalue weighted by Gasteiger charge is -2.05. The Kier molecular flexibility index (Phi) is 81.1. The van der Waals surface area contributed by atoms with Gasteiger partial charge in [-0.05, 0) is 24.7 Å². The number of rotatable bonds is 0. The summed E-state index contributed by atoms with van der Waals surface area (Å²) >= 11 is 0. The van der Waals surface area contributed by atoms with Crippen LogP contribution in [0.15, 0.2) is 12.2 Å². The van der Waals surface area contributed by atoms with E-state index in [2.05, 4.69) is 109 Å². The first-order valence-electron chi connectivity index (χ1n) is 15.3. The van der Waals surface area contributed by atoms with Crippen molar-refractivity contribution in [2.24, 2.45) is 11.8 Å². The molecule has 0 N–H and O–H groups in total. The lowest BCUT2D eigenvalue weighted by Crippen LogP contribution is -1.85. The molecule has 0 bridgehead atoms. The maximum absolute atomic E-state index is 2.18. The van der Waals surface area contributed by atoms with Crippen molar-refractivity contribution in [2.75, 3.05) is 0 Å². The highest BCUT2D eigenvalue weighted by Gasteiger charge is 1.95. The van der Waals surface area contributed by atoms with Crippen LogP contribution in [0.25, 0.3) is 0 Å². The van der Waals surface area contributed by atoms with Gasteiger partial charge in [-0.1, -0.05) is 193 Å². The molecule has 0 saturated heterocycles. The molecule has 208 valence electrons. The van der Waals surface area contributed by atoms with Crippen LogP contribution in [0, 0.1) is 11.8 Å². The molecule has 0 aromatic carbocycles. The van der Waals surface area contributed by atoms with Crippen molar-refractivity contribution in [1.29, 1.82) is 0 Å². The predicted octanol–water partition coefficient (Wildman–Crippen LogP) is 13.8. The van der Waals surface area contributed by atoms with Crippen molar-refractivity contribution in [3.8, 4) is 0 Å². The second kappa shape index (κ2) is 58.0. The zero-order valence-electron chi connectivity index (χ0n) is 26.9. The summed E-state index contributed by atoms with van der Waals surface area (Å²) in [6.07, 6.45) is 25.5. The van der Waals surface area contributed by atoms with E-state index in [9.17, 15) is 0 Å². The summed E-state index contributed by atoms with van der Waals surface area (Å²) in [5.41, 5.74) is 0. The molecule has 0 heteroatoms. The van der Waals surface area contributed by atoms with Crippen LogP contribution in [0.2, 0.25) is 0 Å². The van der Waals surface area contributed by atoms with Crippen molar-refractivity contribution in [2.45, 2.75) is 193 Å². The first-order valence-corrected chi connectivity index (χ1v) is 15.3. The topological polar surface area (TPSA) is 0 Å². The molecule has 0 nitrogen and oxygen atoms in total. The summed E-state index contributed by atoms with van der Waals surface area (Å²) in [6.45, 7) is 30.0. The van der Waals surface area contributed by atoms with E-state index in [1.54, 1.807) is 0 Å². The van der Waals surface area contributed by atoms with Gasteiger partial charge in [-0.25, -0.2) is 0 Å². The number of hydrogen-bond donors (Lipinski definition) is 0. The van der Waals surface area contributed by atoms with Gasteiger partial charge in [-0.3, -0.25) is 0 Å². The monoisotopic (exact) mass is 473 g/mol. The lowest BCUT2D eigenvalue weighted by atomic mass is 10.0. The van der Waals surface area contributed by atoms with E-state index in [1.165, 1.54) is 96.3 Å². The molecule has 0 unspecified atom stereocenters. The summed E-state index contributed by atoms with van der Waals surface area (Å²) in [6, 6.07) is 0. The fourth-order valence-corrected chi connectivity index (χ4v) is 1.30. The maximum Gasteiger partial charge on any atom is -0.0316 e. The molecule has 2 saturated carbocycles. The van der Waals surface area contributed by atoms with Gasteiger partial charge >= 0.3 is 0 Å². The molecule has 0 radical (unpaired) electrons. The number of allylic oxidation sites excluding steroid dienone is 2. The Morgan fingerprint density at radius 2 is 0.424 bits per heavy atom. The highest BCUT2D eigenvalue weighted by molar-refractivity contribution is 4.93. The minimum Gasteiger partial charge on any atom is -0.0882 e. The normalized spacial score (nSPS) is 13.3. The third kappa shape index (κ3) is 173. The molecule has 2 fully saturated rings. The van der Waals surface area contributed by atoms with Gasteiger partial charge < -0.3 is 0 Å². The average molecular weight is 473 g/mol. The van der Waals surface area contributed by atoms with Crippen LogP contribution in [0.4, 0.5) is 0 Å². The van der Waals surface area contributed by atoms with Crippen molar-refractivity contribution in [3.63, 3.8) is 0 Å². The van der Waals surface area contributed by atoms with Crippen molar-refractivity contribution in [3.05, 3.63) is 12.2 Å². The minimum absolute atomic E-state index is 0.833. The van der Waals surface area contributed by atoms with Gasteiger partial charge in [0.2, 0.25) is 0 Å². The van der Waals surface area contributed by atoms with Crippen molar-refractivity contribution < 1.29 is 0 Å². The summed E-state index contributed by atoms with van der Waals surface area (Å²) in [5, 5.41) is 0. The van der Waals surface area contributed by atoms with Gasteiger partial charge in [0.05, 0.1) is 0 Å². The van der Waals surface area contributed by atoms with Crippen molar-refractivity contribution in [1.82, 2.24) is 0 Å². The third-order valence-corrected chi connectivity index (χ3v) is 2.92. The Hall–Kier alpha value is -0.260.